The minimum absolute atomic E-state index is 1.17. The third-order valence-corrected chi connectivity index (χ3v) is 3.64. The van der Waals surface area contributed by atoms with Crippen molar-refractivity contribution in [3.63, 3.8) is 0 Å². The highest BCUT2D eigenvalue weighted by molar-refractivity contribution is 5.44. The van der Waals surface area contributed by atoms with Crippen molar-refractivity contribution in [2.75, 3.05) is 0 Å². The van der Waals surface area contributed by atoms with Gasteiger partial charge >= 0.3 is 0 Å². The van der Waals surface area contributed by atoms with Crippen LogP contribution in [0.1, 0.15) is 61.8 Å². The van der Waals surface area contributed by atoms with Crippen LogP contribution in [0.3, 0.4) is 0 Å². The number of benzene rings is 1. The first-order chi connectivity index (χ1) is 7.85. The molecule has 0 unspecified atom stereocenters. The van der Waals surface area contributed by atoms with Gasteiger partial charge in [-0.25, -0.2) is 0 Å². The quantitative estimate of drug-likeness (QED) is 0.694. The summed E-state index contributed by atoms with van der Waals surface area (Å²) in [6.45, 7) is 4.54. The zero-order chi connectivity index (χ0) is 11.4. The van der Waals surface area contributed by atoms with Crippen molar-refractivity contribution < 1.29 is 0 Å². The van der Waals surface area contributed by atoms with Crippen molar-refractivity contribution in [3.8, 4) is 0 Å². The zero-order valence-electron chi connectivity index (χ0n) is 10.7. The Labute approximate surface area is 100 Å². The molecule has 1 aliphatic carbocycles. The third-order valence-electron chi connectivity index (χ3n) is 3.64. The molecule has 0 aromatic heterocycles. The molecule has 0 heteroatoms. The van der Waals surface area contributed by atoms with Gasteiger partial charge in [-0.3, -0.25) is 0 Å². The Morgan fingerprint density at radius 3 is 2.81 bits per heavy atom. The van der Waals surface area contributed by atoms with E-state index >= 15 is 0 Å². The van der Waals surface area contributed by atoms with Gasteiger partial charge in [0.25, 0.3) is 0 Å². The van der Waals surface area contributed by atoms with Crippen LogP contribution in [0.2, 0.25) is 0 Å². The van der Waals surface area contributed by atoms with E-state index < -0.39 is 0 Å². The molecule has 0 heterocycles. The van der Waals surface area contributed by atoms with E-state index in [1.54, 1.807) is 11.1 Å². The van der Waals surface area contributed by atoms with Crippen LogP contribution >= 0.6 is 0 Å². The summed E-state index contributed by atoms with van der Waals surface area (Å²) < 4.78 is 0. The Balaban J connectivity index is 2.31. The van der Waals surface area contributed by atoms with Crippen LogP contribution in [0.5, 0.6) is 0 Å². The van der Waals surface area contributed by atoms with Crippen LogP contribution < -0.4 is 0 Å². The second-order valence-electron chi connectivity index (χ2n) is 4.88. The van der Waals surface area contributed by atoms with Gasteiger partial charge in [-0.15, -0.1) is 0 Å². The largest absolute Gasteiger partial charge is 0.0654 e. The lowest BCUT2D eigenvalue weighted by molar-refractivity contribution is 0.738. The maximum atomic E-state index is 2.45. The van der Waals surface area contributed by atoms with E-state index in [-0.39, 0.29) is 0 Å². The fourth-order valence-corrected chi connectivity index (χ4v) is 2.64. The predicted molar refractivity (Wildman–Crippen MR) is 70.8 cm³/mol. The first-order valence-electron chi connectivity index (χ1n) is 6.83. The SMILES string of the molecule is CCCCc1cc(CC)cc2c1CCC[CH]2. The second-order valence-corrected chi connectivity index (χ2v) is 4.88. The first-order valence-corrected chi connectivity index (χ1v) is 6.83. The number of fused-ring (bicyclic) bond motifs is 1. The summed E-state index contributed by atoms with van der Waals surface area (Å²) in [5.74, 6) is 0. The molecule has 0 saturated carbocycles. The van der Waals surface area contributed by atoms with Gasteiger partial charge in [0.2, 0.25) is 0 Å². The molecule has 0 atom stereocenters. The van der Waals surface area contributed by atoms with E-state index in [1.807, 2.05) is 0 Å². The smallest absolute Gasteiger partial charge is 0.00899 e. The number of hydrogen-bond donors (Lipinski definition) is 0. The van der Waals surface area contributed by atoms with Crippen LogP contribution in [0, 0.1) is 6.42 Å². The zero-order valence-corrected chi connectivity index (χ0v) is 10.7. The van der Waals surface area contributed by atoms with Crippen LogP contribution in [0.15, 0.2) is 12.1 Å². The fraction of sp³-hybridized carbons (Fsp3) is 0.562. The topological polar surface area (TPSA) is 0 Å². The molecule has 0 bridgehead atoms. The van der Waals surface area contributed by atoms with Gasteiger partial charge in [0.15, 0.2) is 0 Å². The van der Waals surface area contributed by atoms with Crippen molar-refractivity contribution in [2.24, 2.45) is 0 Å². The minimum atomic E-state index is 1.17. The lowest BCUT2D eigenvalue weighted by atomic mass is 9.85. The second kappa shape index (κ2) is 5.52. The number of hydrogen-bond acceptors (Lipinski definition) is 0. The highest BCUT2D eigenvalue weighted by Gasteiger charge is 2.14. The van der Waals surface area contributed by atoms with E-state index in [0.717, 1.165) is 0 Å². The summed E-state index contributed by atoms with van der Waals surface area (Å²) in [5.41, 5.74) is 6.34. The summed E-state index contributed by atoms with van der Waals surface area (Å²) in [6.07, 6.45) is 11.4. The van der Waals surface area contributed by atoms with Crippen molar-refractivity contribution in [2.45, 2.75) is 58.8 Å². The van der Waals surface area contributed by atoms with E-state index in [1.165, 1.54) is 56.1 Å². The molecule has 0 saturated heterocycles. The Kier molecular flexibility index (Phi) is 4.04. The van der Waals surface area contributed by atoms with Crippen LogP contribution in [0.25, 0.3) is 0 Å². The third kappa shape index (κ3) is 2.48. The fourth-order valence-electron chi connectivity index (χ4n) is 2.64. The summed E-state index contributed by atoms with van der Waals surface area (Å²) >= 11 is 0. The normalized spacial score (nSPS) is 14.9. The molecule has 87 valence electrons. The minimum Gasteiger partial charge on any atom is -0.0654 e. The van der Waals surface area contributed by atoms with Gasteiger partial charge < -0.3 is 0 Å². The lowest BCUT2D eigenvalue weighted by Gasteiger charge is -2.20. The van der Waals surface area contributed by atoms with Gasteiger partial charge in [-0.05, 0) is 67.2 Å². The molecule has 2 rings (SSSR count). The van der Waals surface area contributed by atoms with Gasteiger partial charge in [-0.2, -0.15) is 0 Å². The number of unbranched alkanes of at least 4 members (excludes halogenated alkanes) is 1. The van der Waals surface area contributed by atoms with E-state index in [4.69, 9.17) is 0 Å². The molecule has 1 aliphatic rings. The Hall–Kier alpha value is -0.780. The molecule has 0 aliphatic heterocycles. The lowest BCUT2D eigenvalue weighted by Crippen LogP contribution is -2.06. The average Bonchev–Trinajstić information content (AvgIpc) is 2.35. The molecule has 1 radical (unpaired) electrons. The van der Waals surface area contributed by atoms with E-state index in [9.17, 15) is 0 Å². The first kappa shape index (κ1) is 11.7. The van der Waals surface area contributed by atoms with Crippen molar-refractivity contribution in [3.05, 3.63) is 40.8 Å². The van der Waals surface area contributed by atoms with Gasteiger partial charge in [0, 0.05) is 0 Å². The van der Waals surface area contributed by atoms with E-state index in [2.05, 4.69) is 32.4 Å². The van der Waals surface area contributed by atoms with Gasteiger partial charge in [0.1, 0.15) is 0 Å². The van der Waals surface area contributed by atoms with Crippen LogP contribution in [0.4, 0.5) is 0 Å². The average molecular weight is 215 g/mol. The molecule has 0 nitrogen and oxygen atoms in total. The molecule has 0 amide bonds. The Morgan fingerprint density at radius 2 is 2.06 bits per heavy atom. The molecular formula is C16H23. The molecule has 0 spiro atoms. The number of aryl methyl sites for hydroxylation is 2. The van der Waals surface area contributed by atoms with Crippen LogP contribution in [-0.2, 0) is 19.3 Å². The molecule has 16 heavy (non-hydrogen) atoms. The van der Waals surface area contributed by atoms with Gasteiger partial charge in [-0.1, -0.05) is 32.4 Å². The monoisotopic (exact) mass is 215 g/mol. The summed E-state index contributed by atoms with van der Waals surface area (Å²) in [4.78, 5) is 0. The molecule has 0 N–H and O–H groups in total. The summed E-state index contributed by atoms with van der Waals surface area (Å²) in [7, 11) is 0. The highest BCUT2D eigenvalue weighted by atomic mass is 14.2. The number of rotatable bonds is 4. The molecule has 1 aromatic carbocycles. The summed E-state index contributed by atoms with van der Waals surface area (Å²) in [6, 6.07) is 4.86. The summed E-state index contributed by atoms with van der Waals surface area (Å²) in [5, 5.41) is 0. The predicted octanol–water partition coefficient (Wildman–Crippen LogP) is 4.48. The maximum Gasteiger partial charge on any atom is -0.00899 e. The standard InChI is InChI=1S/C16H23/c1-3-5-8-14-11-13(4-2)12-15-9-6-7-10-16(14)15/h9,11-12H,3-8,10H2,1-2H3. The van der Waals surface area contributed by atoms with Crippen molar-refractivity contribution >= 4 is 0 Å². The molecule has 0 fully saturated rings. The molecule has 1 aromatic rings. The Bertz CT molecular complexity index is 349. The maximum absolute atomic E-state index is 2.45. The highest BCUT2D eigenvalue weighted by Crippen LogP contribution is 2.28. The Morgan fingerprint density at radius 1 is 1.19 bits per heavy atom. The van der Waals surface area contributed by atoms with E-state index in [0.29, 0.717) is 0 Å². The van der Waals surface area contributed by atoms with Crippen molar-refractivity contribution in [1.82, 2.24) is 0 Å². The van der Waals surface area contributed by atoms with Crippen molar-refractivity contribution in [1.29, 1.82) is 0 Å². The van der Waals surface area contributed by atoms with Gasteiger partial charge in [0.05, 0.1) is 0 Å². The molecular weight excluding hydrogens is 192 g/mol. The van der Waals surface area contributed by atoms with Crippen LogP contribution in [-0.4, -0.2) is 0 Å².